The third-order valence-corrected chi connectivity index (χ3v) is 5.77. The number of non-ortho nitro benzene ring substituents is 1. The van der Waals surface area contributed by atoms with Crippen LogP contribution in [0.3, 0.4) is 0 Å². The summed E-state index contributed by atoms with van der Waals surface area (Å²) < 4.78 is 37.3. The van der Waals surface area contributed by atoms with Crippen molar-refractivity contribution in [1.82, 2.24) is 0 Å². The van der Waals surface area contributed by atoms with Crippen LogP contribution in [0.5, 0.6) is 0 Å². The highest BCUT2D eigenvalue weighted by Crippen LogP contribution is 2.61. The quantitative estimate of drug-likeness (QED) is 0.368. The summed E-state index contributed by atoms with van der Waals surface area (Å²) in [7, 11) is -3.71. The first kappa shape index (κ1) is 20.0. The van der Waals surface area contributed by atoms with Gasteiger partial charge in [0, 0.05) is 17.8 Å². The van der Waals surface area contributed by atoms with E-state index in [9.17, 15) is 19.1 Å². The Morgan fingerprint density at radius 3 is 2.31 bits per heavy atom. The number of nitro benzene ring substituents is 1. The van der Waals surface area contributed by atoms with E-state index in [4.69, 9.17) is 9.05 Å². The van der Waals surface area contributed by atoms with Gasteiger partial charge in [0.2, 0.25) is 0 Å². The van der Waals surface area contributed by atoms with Gasteiger partial charge in [0.15, 0.2) is 5.78 Å². The van der Waals surface area contributed by atoms with Crippen LogP contribution in [0.1, 0.15) is 25.2 Å². The van der Waals surface area contributed by atoms with E-state index in [2.05, 4.69) is 5.32 Å². The number of nitrogens with one attached hydrogen (secondary N) is 1. The van der Waals surface area contributed by atoms with Crippen molar-refractivity contribution in [2.75, 3.05) is 18.5 Å². The molecule has 0 heterocycles. The van der Waals surface area contributed by atoms with Gasteiger partial charge < -0.3 is 14.4 Å². The minimum Gasteiger partial charge on any atom is -0.368 e. The molecule has 1 unspecified atom stereocenters. The summed E-state index contributed by atoms with van der Waals surface area (Å²) in [6.45, 7) is 3.61. The second-order valence-corrected chi connectivity index (χ2v) is 7.39. The van der Waals surface area contributed by atoms with Gasteiger partial charge in [0.1, 0.15) is 5.82 Å². The first-order valence-electron chi connectivity index (χ1n) is 8.05. The average molecular weight is 382 g/mol. The monoisotopic (exact) mass is 382 g/mol. The maximum absolute atomic E-state index is 13.3. The van der Waals surface area contributed by atoms with Crippen molar-refractivity contribution >= 4 is 19.0 Å². The molecule has 0 aliphatic heterocycles. The fourth-order valence-corrected chi connectivity index (χ4v) is 4.33. The van der Waals surface area contributed by atoms with Gasteiger partial charge in [-0.15, -0.1) is 0 Å². The Kier molecular flexibility index (Phi) is 6.85. The number of anilines is 1. The third kappa shape index (κ3) is 4.88. The van der Waals surface area contributed by atoms with Crippen molar-refractivity contribution in [3.63, 3.8) is 0 Å². The van der Waals surface area contributed by atoms with Gasteiger partial charge in [-0.05, 0) is 43.7 Å². The van der Waals surface area contributed by atoms with E-state index in [-0.39, 0.29) is 18.9 Å². The smallest absolute Gasteiger partial charge is 0.357 e. The van der Waals surface area contributed by atoms with Crippen LogP contribution in [0.25, 0.3) is 0 Å². The molecule has 0 saturated carbocycles. The molecule has 140 valence electrons. The van der Waals surface area contributed by atoms with Gasteiger partial charge in [-0.3, -0.25) is 14.7 Å². The fraction of sp³-hybridized carbons (Fsp3) is 0.294. The van der Waals surface area contributed by atoms with E-state index in [0.29, 0.717) is 11.3 Å². The third-order valence-electron chi connectivity index (χ3n) is 3.48. The van der Waals surface area contributed by atoms with E-state index in [1.54, 1.807) is 19.9 Å². The zero-order chi connectivity index (χ0) is 19.2. The SMILES string of the molecule is CCOP(=O)(OCC)C(Nc1ccc(F)cc1)c1cccc([N+](=O)[O-])c1. The minimum atomic E-state index is -3.71. The Hall–Kier alpha value is -2.28. The number of nitrogens with zero attached hydrogens (tertiary/aromatic N) is 1. The number of benzene rings is 2. The van der Waals surface area contributed by atoms with Gasteiger partial charge in [-0.1, -0.05) is 12.1 Å². The molecule has 26 heavy (non-hydrogen) atoms. The van der Waals surface area contributed by atoms with E-state index >= 15 is 0 Å². The lowest BCUT2D eigenvalue weighted by Crippen LogP contribution is -2.15. The molecule has 0 spiro atoms. The van der Waals surface area contributed by atoms with Crippen molar-refractivity contribution in [2.45, 2.75) is 19.6 Å². The van der Waals surface area contributed by atoms with Crippen LogP contribution in [0.2, 0.25) is 0 Å². The van der Waals surface area contributed by atoms with E-state index in [1.165, 1.54) is 42.5 Å². The van der Waals surface area contributed by atoms with Crippen LogP contribution in [-0.2, 0) is 13.6 Å². The summed E-state index contributed by atoms with van der Waals surface area (Å²) in [6, 6.07) is 11.2. The molecule has 0 fully saturated rings. The zero-order valence-corrected chi connectivity index (χ0v) is 15.3. The van der Waals surface area contributed by atoms with Crippen molar-refractivity contribution < 1.29 is 22.9 Å². The summed E-state index contributed by atoms with van der Waals surface area (Å²) in [5.74, 6) is -1.41. The van der Waals surface area contributed by atoms with Gasteiger partial charge in [0.25, 0.3) is 5.69 Å². The highest BCUT2D eigenvalue weighted by molar-refractivity contribution is 7.54. The summed E-state index contributed by atoms with van der Waals surface area (Å²) in [6.07, 6.45) is 0. The summed E-state index contributed by atoms with van der Waals surface area (Å²) >= 11 is 0. The molecular formula is C17H20FN2O5P. The Bertz CT molecular complexity index is 790. The second-order valence-electron chi connectivity index (χ2n) is 5.28. The summed E-state index contributed by atoms with van der Waals surface area (Å²) in [5.41, 5.74) is 0.698. The first-order valence-corrected chi connectivity index (χ1v) is 9.66. The highest BCUT2D eigenvalue weighted by Gasteiger charge is 2.37. The van der Waals surface area contributed by atoms with E-state index in [1.807, 2.05) is 0 Å². The van der Waals surface area contributed by atoms with Crippen LogP contribution < -0.4 is 5.32 Å². The molecule has 0 amide bonds. The molecule has 0 aliphatic carbocycles. The molecule has 1 atom stereocenters. The lowest BCUT2D eigenvalue weighted by atomic mass is 10.2. The van der Waals surface area contributed by atoms with Crippen molar-refractivity contribution in [2.24, 2.45) is 0 Å². The van der Waals surface area contributed by atoms with Crippen LogP contribution in [0, 0.1) is 15.9 Å². The van der Waals surface area contributed by atoms with Gasteiger partial charge in [-0.2, -0.15) is 0 Å². The standard InChI is InChI=1S/C17H20FN2O5P/c1-3-24-26(23,25-4-2)17(19-15-10-8-14(18)9-11-15)13-6-5-7-16(12-13)20(21)22/h5-12,17,19H,3-4H2,1-2H3. The molecule has 0 bridgehead atoms. The van der Waals surface area contributed by atoms with E-state index < -0.39 is 24.1 Å². The van der Waals surface area contributed by atoms with Gasteiger partial charge in [-0.25, -0.2) is 4.39 Å². The molecule has 0 radical (unpaired) electrons. The van der Waals surface area contributed by atoms with Crippen molar-refractivity contribution in [1.29, 1.82) is 0 Å². The van der Waals surface area contributed by atoms with Crippen molar-refractivity contribution in [3.8, 4) is 0 Å². The number of nitro groups is 1. The Morgan fingerprint density at radius 1 is 1.15 bits per heavy atom. The Balaban J connectivity index is 2.49. The molecule has 7 nitrogen and oxygen atoms in total. The lowest BCUT2D eigenvalue weighted by Gasteiger charge is -2.28. The molecule has 1 N–H and O–H groups in total. The Labute approximate surface area is 150 Å². The van der Waals surface area contributed by atoms with Crippen LogP contribution in [-0.4, -0.2) is 18.1 Å². The molecular weight excluding hydrogens is 362 g/mol. The Morgan fingerprint density at radius 2 is 1.77 bits per heavy atom. The number of hydrogen-bond acceptors (Lipinski definition) is 6. The maximum atomic E-state index is 13.3. The molecule has 2 aromatic rings. The highest BCUT2D eigenvalue weighted by atomic mass is 31.2. The predicted octanol–water partition coefficient (Wildman–Crippen LogP) is 5.11. The second kappa shape index (κ2) is 8.89. The number of hydrogen-bond donors (Lipinski definition) is 1. The van der Waals surface area contributed by atoms with Crippen LogP contribution in [0.4, 0.5) is 15.8 Å². The normalized spacial score (nSPS) is 12.6. The molecule has 0 aliphatic rings. The summed E-state index contributed by atoms with van der Waals surface area (Å²) in [4.78, 5) is 10.5. The number of halogens is 1. The van der Waals surface area contributed by atoms with E-state index in [0.717, 1.165) is 0 Å². The fourth-order valence-electron chi connectivity index (χ4n) is 2.40. The average Bonchev–Trinajstić information content (AvgIpc) is 2.61. The largest absolute Gasteiger partial charge is 0.368 e. The maximum Gasteiger partial charge on any atom is 0.357 e. The minimum absolute atomic E-state index is 0.133. The topological polar surface area (TPSA) is 90.7 Å². The van der Waals surface area contributed by atoms with Crippen LogP contribution in [0.15, 0.2) is 48.5 Å². The molecule has 0 aromatic heterocycles. The lowest BCUT2D eigenvalue weighted by molar-refractivity contribution is -0.384. The molecule has 9 heteroatoms. The number of rotatable bonds is 9. The van der Waals surface area contributed by atoms with Crippen molar-refractivity contribution in [3.05, 3.63) is 70.0 Å². The summed E-state index contributed by atoms with van der Waals surface area (Å²) in [5, 5.41) is 14.1. The first-order chi connectivity index (χ1) is 12.4. The van der Waals surface area contributed by atoms with Crippen LogP contribution >= 0.6 is 7.60 Å². The zero-order valence-electron chi connectivity index (χ0n) is 14.4. The van der Waals surface area contributed by atoms with Gasteiger partial charge in [0.05, 0.1) is 18.1 Å². The predicted molar refractivity (Wildman–Crippen MR) is 96.7 cm³/mol. The molecule has 0 saturated heterocycles. The molecule has 2 rings (SSSR count). The van der Waals surface area contributed by atoms with Gasteiger partial charge >= 0.3 is 7.60 Å². The molecule has 2 aromatic carbocycles.